The molecule has 1 atom stereocenters. The van der Waals surface area contributed by atoms with Crippen LogP contribution in [0.1, 0.15) is 39.3 Å². The summed E-state index contributed by atoms with van der Waals surface area (Å²) in [5.41, 5.74) is 7.94. The highest BCUT2D eigenvalue weighted by molar-refractivity contribution is 7.89. The minimum atomic E-state index is -3.64. The largest absolute Gasteiger partial charge is 0.347 e. The highest BCUT2D eigenvalue weighted by atomic mass is 32.2. The lowest BCUT2D eigenvalue weighted by molar-refractivity contribution is -0.129. The second kappa shape index (κ2) is 17.4. The average Bonchev–Trinajstić information content (AvgIpc) is 3.78. The fourth-order valence-corrected chi connectivity index (χ4v) is 8.71. The molecule has 3 N–H and O–H groups in total. The maximum atomic E-state index is 13.6. The molecular weight excluding hydrogens is 781 g/mol. The first-order valence-corrected chi connectivity index (χ1v) is 21.1. The van der Waals surface area contributed by atoms with Crippen LogP contribution < -0.4 is 15.5 Å². The number of aryl methyl sites for hydroxylation is 3. The molecule has 1 fully saturated rings. The molecule has 3 aromatic carbocycles. The minimum Gasteiger partial charge on any atom is -0.347 e. The molecule has 4 heterocycles. The fraction of sp³-hybridized carbons (Fsp3) is 0.357. The van der Waals surface area contributed by atoms with Crippen LogP contribution in [-0.2, 0) is 41.4 Å². The SMILES string of the molecule is Cc1cc2nc(CN(C)c3nc(Nc4cccc(CN5CCN(S(=O)(=O)c6cnn(C)c6C)CC5)c4)nc(NC(Cc4ccc(C#N)cc4)C(=O)N(C)C)n3)[nH]c2cc1C. The molecule has 1 saturated heterocycles. The molecule has 18 heteroatoms. The second-order valence-corrected chi connectivity index (χ2v) is 17.3. The molecule has 1 aliphatic rings. The van der Waals surface area contributed by atoms with Gasteiger partial charge in [-0.2, -0.15) is 29.6 Å². The number of anilines is 4. The Morgan fingerprint density at radius 3 is 2.32 bits per heavy atom. The molecule has 1 aliphatic heterocycles. The van der Waals surface area contributed by atoms with Crippen molar-refractivity contribution < 1.29 is 13.2 Å². The zero-order chi connectivity index (χ0) is 42.7. The Balaban J connectivity index is 1.12. The quantitative estimate of drug-likeness (QED) is 0.141. The highest BCUT2D eigenvalue weighted by Crippen LogP contribution is 2.25. The minimum absolute atomic E-state index is 0.171. The number of piperazine rings is 1. The fourth-order valence-electron chi connectivity index (χ4n) is 7.10. The number of carbonyl (C=O) groups excluding carboxylic acids is 1. The summed E-state index contributed by atoms with van der Waals surface area (Å²) in [5, 5.41) is 20.1. The molecule has 0 bridgehead atoms. The molecule has 0 aliphatic carbocycles. The molecule has 312 valence electrons. The van der Waals surface area contributed by atoms with E-state index in [4.69, 9.17) is 19.9 Å². The van der Waals surface area contributed by atoms with Gasteiger partial charge in [0.1, 0.15) is 16.8 Å². The van der Waals surface area contributed by atoms with Crippen LogP contribution in [0.2, 0.25) is 0 Å². The van der Waals surface area contributed by atoms with Gasteiger partial charge in [-0.3, -0.25) is 14.4 Å². The monoisotopic (exact) mass is 830 g/mol. The van der Waals surface area contributed by atoms with E-state index in [-0.39, 0.29) is 22.7 Å². The number of amides is 1. The van der Waals surface area contributed by atoms with Gasteiger partial charge in [0.05, 0.1) is 41.1 Å². The summed E-state index contributed by atoms with van der Waals surface area (Å²) in [4.78, 5) is 42.0. The maximum Gasteiger partial charge on any atom is 0.246 e. The Bertz CT molecular complexity index is 2620. The number of sulfonamides is 1. The second-order valence-electron chi connectivity index (χ2n) is 15.4. The summed E-state index contributed by atoms with van der Waals surface area (Å²) in [6.07, 6.45) is 1.74. The van der Waals surface area contributed by atoms with Crippen molar-refractivity contribution in [3.63, 3.8) is 0 Å². The summed E-state index contributed by atoms with van der Waals surface area (Å²) in [6.45, 7) is 8.79. The van der Waals surface area contributed by atoms with Gasteiger partial charge in [0.15, 0.2) is 0 Å². The van der Waals surface area contributed by atoms with Gasteiger partial charge >= 0.3 is 0 Å². The normalized spacial score (nSPS) is 14.2. The molecular formula is C42H50N14O3S. The smallest absolute Gasteiger partial charge is 0.246 e. The summed E-state index contributed by atoms with van der Waals surface area (Å²) in [5.74, 6) is 1.38. The Kier molecular flexibility index (Phi) is 12.1. The lowest BCUT2D eigenvalue weighted by Crippen LogP contribution is -2.48. The lowest BCUT2D eigenvalue weighted by Gasteiger charge is -2.34. The van der Waals surface area contributed by atoms with E-state index in [9.17, 15) is 18.5 Å². The molecule has 0 saturated carbocycles. The zero-order valence-electron chi connectivity index (χ0n) is 34.9. The number of nitriles is 1. The van der Waals surface area contributed by atoms with E-state index in [1.54, 1.807) is 44.9 Å². The summed E-state index contributed by atoms with van der Waals surface area (Å²) < 4.78 is 29.8. The van der Waals surface area contributed by atoms with Crippen LogP contribution in [0.3, 0.4) is 0 Å². The van der Waals surface area contributed by atoms with Crippen LogP contribution in [0.15, 0.2) is 71.8 Å². The van der Waals surface area contributed by atoms with Crippen molar-refractivity contribution in [1.82, 2.24) is 48.8 Å². The predicted octanol–water partition coefficient (Wildman–Crippen LogP) is 4.28. The van der Waals surface area contributed by atoms with Gasteiger partial charge < -0.3 is 25.4 Å². The van der Waals surface area contributed by atoms with E-state index in [0.29, 0.717) is 62.9 Å². The molecule has 60 heavy (non-hydrogen) atoms. The van der Waals surface area contributed by atoms with Gasteiger partial charge in [-0.15, -0.1) is 0 Å². The Labute approximate surface area is 350 Å². The van der Waals surface area contributed by atoms with Crippen LogP contribution >= 0.6 is 0 Å². The predicted molar refractivity (Wildman–Crippen MR) is 230 cm³/mol. The molecule has 1 unspecified atom stereocenters. The first kappa shape index (κ1) is 41.7. The van der Waals surface area contributed by atoms with Crippen LogP contribution in [-0.4, -0.2) is 116 Å². The number of rotatable bonds is 14. The molecule has 17 nitrogen and oxygen atoms in total. The molecule has 7 rings (SSSR count). The number of benzene rings is 3. The Morgan fingerprint density at radius 1 is 0.917 bits per heavy atom. The Hall–Kier alpha value is -6.42. The van der Waals surface area contributed by atoms with Crippen LogP contribution in [0, 0.1) is 32.1 Å². The van der Waals surface area contributed by atoms with Crippen molar-refractivity contribution in [1.29, 1.82) is 5.26 Å². The number of aromatic amines is 1. The number of fused-ring (bicyclic) bond motifs is 1. The van der Waals surface area contributed by atoms with Gasteiger partial charge in [-0.25, -0.2) is 13.4 Å². The third-order valence-corrected chi connectivity index (χ3v) is 12.8. The molecule has 0 spiro atoms. The van der Waals surface area contributed by atoms with Gasteiger partial charge in [0, 0.05) is 73.0 Å². The lowest BCUT2D eigenvalue weighted by atomic mass is 10.0. The number of hydrogen-bond donors (Lipinski definition) is 3. The Morgan fingerprint density at radius 2 is 1.63 bits per heavy atom. The molecule has 6 aromatic rings. The number of carbonyl (C=O) groups is 1. The van der Waals surface area contributed by atoms with Crippen LogP contribution in [0.25, 0.3) is 11.0 Å². The van der Waals surface area contributed by atoms with Crippen molar-refractivity contribution in [2.45, 2.75) is 51.2 Å². The standard InChI is InChI=1S/C42H50N14O3S/c1-27-19-34-35(20-28(27)2)47-38(46-34)26-53(6)42-50-40(49-41(51-42)48-36(39(57)52(4)5)22-30-11-13-31(23-43)14-12-30)45-33-10-8-9-32(21-33)25-55-15-17-56(18-16-55)60(58,59)37-24-44-54(7)29(37)3/h8-14,19-21,24,36H,15-18,22,25-26H2,1-7H3,(H,46,47)(H2,45,48,49,50,51). The van der Waals surface area contributed by atoms with E-state index in [1.165, 1.54) is 21.0 Å². The first-order chi connectivity index (χ1) is 28.7. The van der Waals surface area contributed by atoms with Crippen molar-refractivity contribution in [2.75, 3.05) is 62.9 Å². The van der Waals surface area contributed by atoms with Crippen LogP contribution in [0.5, 0.6) is 0 Å². The number of hydrogen-bond acceptors (Lipinski definition) is 13. The zero-order valence-corrected chi connectivity index (χ0v) is 35.7. The molecule has 3 aromatic heterocycles. The maximum absolute atomic E-state index is 13.6. The van der Waals surface area contributed by atoms with Crippen molar-refractivity contribution >= 4 is 50.5 Å². The number of aromatic nitrogens is 7. The van der Waals surface area contributed by atoms with Gasteiger partial charge in [0.2, 0.25) is 33.8 Å². The van der Waals surface area contributed by atoms with Gasteiger partial charge in [-0.05, 0) is 79.4 Å². The highest BCUT2D eigenvalue weighted by Gasteiger charge is 2.31. The number of nitrogens with one attached hydrogen (secondary N) is 3. The molecule has 1 amide bonds. The third-order valence-electron chi connectivity index (χ3n) is 10.8. The summed E-state index contributed by atoms with van der Waals surface area (Å²) in [6, 6.07) is 20.6. The van der Waals surface area contributed by atoms with Crippen molar-refractivity contribution in [3.05, 3.63) is 106 Å². The van der Waals surface area contributed by atoms with Gasteiger partial charge in [-0.1, -0.05) is 24.3 Å². The number of imidazole rings is 1. The van der Waals surface area contributed by atoms with Crippen molar-refractivity contribution in [3.8, 4) is 6.07 Å². The van der Waals surface area contributed by atoms with Crippen LogP contribution in [0.4, 0.5) is 23.5 Å². The number of likely N-dealkylation sites (N-methyl/N-ethyl adjacent to an activating group) is 1. The van der Waals surface area contributed by atoms with Gasteiger partial charge in [0.25, 0.3) is 0 Å². The van der Waals surface area contributed by atoms with E-state index >= 15 is 0 Å². The summed E-state index contributed by atoms with van der Waals surface area (Å²) >= 11 is 0. The number of nitrogens with zero attached hydrogens (tertiary/aromatic N) is 11. The van der Waals surface area contributed by atoms with E-state index in [0.717, 1.165) is 39.2 Å². The molecule has 0 radical (unpaired) electrons. The van der Waals surface area contributed by atoms with E-state index < -0.39 is 16.1 Å². The van der Waals surface area contributed by atoms with Crippen molar-refractivity contribution in [2.24, 2.45) is 7.05 Å². The number of H-pyrrole nitrogens is 1. The first-order valence-electron chi connectivity index (χ1n) is 19.6. The third kappa shape index (κ3) is 9.38. The average molecular weight is 831 g/mol. The van der Waals surface area contributed by atoms with E-state index in [2.05, 4.69) is 57.7 Å². The van der Waals surface area contributed by atoms with E-state index in [1.807, 2.05) is 48.3 Å². The topological polar surface area (TPSA) is 197 Å². The summed E-state index contributed by atoms with van der Waals surface area (Å²) in [7, 11) is 3.37.